The summed E-state index contributed by atoms with van der Waals surface area (Å²) in [5, 5.41) is 3.00. The van der Waals surface area contributed by atoms with Gasteiger partial charge in [-0.05, 0) is 32.2 Å². The number of carbonyl (C=O) groups excluding carboxylic acids is 1. The van der Waals surface area contributed by atoms with Gasteiger partial charge in [-0.3, -0.25) is 4.79 Å². The zero-order valence-corrected chi connectivity index (χ0v) is 8.93. The van der Waals surface area contributed by atoms with Gasteiger partial charge in [0.15, 0.2) is 0 Å². The van der Waals surface area contributed by atoms with Crippen molar-refractivity contribution in [1.82, 2.24) is 5.32 Å². The van der Waals surface area contributed by atoms with E-state index in [0.29, 0.717) is 5.92 Å². The van der Waals surface area contributed by atoms with E-state index in [-0.39, 0.29) is 5.91 Å². The second-order valence-corrected chi connectivity index (χ2v) is 4.12. The number of nitrogens with one attached hydrogen (secondary N) is 1. The topological polar surface area (TPSA) is 55.1 Å². The van der Waals surface area contributed by atoms with E-state index in [1.165, 1.54) is 12.8 Å². The molecule has 1 aliphatic rings. The van der Waals surface area contributed by atoms with Gasteiger partial charge in [-0.1, -0.05) is 19.3 Å². The van der Waals surface area contributed by atoms with Crippen molar-refractivity contribution in [2.24, 2.45) is 11.7 Å². The third kappa shape index (κ3) is 4.09. The number of amides is 1. The summed E-state index contributed by atoms with van der Waals surface area (Å²) in [5.74, 6) is 0.583. The maximum Gasteiger partial charge on any atom is 0.223 e. The highest BCUT2D eigenvalue weighted by atomic mass is 16.1. The predicted molar refractivity (Wildman–Crippen MR) is 57.9 cm³/mol. The van der Waals surface area contributed by atoms with E-state index in [9.17, 15) is 4.79 Å². The molecule has 0 aromatic carbocycles. The first-order valence-corrected chi connectivity index (χ1v) is 5.82. The predicted octanol–water partition coefficient (Wildman–Crippen LogP) is 1.42. The molecule has 0 radical (unpaired) electrons. The number of nitrogens with two attached hydrogens (primary N) is 1. The summed E-state index contributed by atoms with van der Waals surface area (Å²) in [5.41, 5.74) is 5.38. The molecule has 3 N–H and O–H groups in total. The molecular weight excluding hydrogens is 176 g/mol. The summed E-state index contributed by atoms with van der Waals surface area (Å²) in [6, 6.07) is 0. The highest BCUT2D eigenvalue weighted by Crippen LogP contribution is 2.24. The van der Waals surface area contributed by atoms with Crippen molar-refractivity contribution in [2.75, 3.05) is 13.1 Å². The second kappa shape index (κ2) is 6.82. The van der Waals surface area contributed by atoms with Gasteiger partial charge in [-0.2, -0.15) is 0 Å². The van der Waals surface area contributed by atoms with Gasteiger partial charge in [0.2, 0.25) is 5.91 Å². The van der Waals surface area contributed by atoms with Gasteiger partial charge in [0.25, 0.3) is 0 Å². The highest BCUT2D eigenvalue weighted by molar-refractivity contribution is 5.78. The molecule has 1 aliphatic carbocycles. The summed E-state index contributed by atoms with van der Waals surface area (Å²) >= 11 is 0. The Balaban J connectivity index is 1.97. The summed E-state index contributed by atoms with van der Waals surface area (Å²) < 4.78 is 0. The molecular formula is C11H22N2O. The summed E-state index contributed by atoms with van der Waals surface area (Å²) in [7, 11) is 0. The van der Waals surface area contributed by atoms with Gasteiger partial charge in [0.1, 0.15) is 0 Å². The molecule has 0 spiro atoms. The third-order valence-electron chi connectivity index (χ3n) is 2.91. The average molecular weight is 198 g/mol. The van der Waals surface area contributed by atoms with Crippen molar-refractivity contribution >= 4 is 5.91 Å². The number of hydrogen-bond acceptors (Lipinski definition) is 2. The molecule has 1 amide bonds. The van der Waals surface area contributed by atoms with Crippen molar-refractivity contribution < 1.29 is 4.79 Å². The van der Waals surface area contributed by atoms with E-state index in [1.54, 1.807) is 0 Å². The van der Waals surface area contributed by atoms with Crippen molar-refractivity contribution in [3.63, 3.8) is 0 Å². The minimum atomic E-state index is 0.273. The van der Waals surface area contributed by atoms with Crippen LogP contribution in [0.5, 0.6) is 0 Å². The van der Waals surface area contributed by atoms with E-state index in [0.717, 1.165) is 45.2 Å². The first kappa shape index (κ1) is 11.5. The van der Waals surface area contributed by atoms with Crippen LogP contribution in [-0.2, 0) is 4.79 Å². The van der Waals surface area contributed by atoms with Crippen LogP contribution >= 0.6 is 0 Å². The minimum absolute atomic E-state index is 0.273. The second-order valence-electron chi connectivity index (χ2n) is 4.12. The first-order valence-electron chi connectivity index (χ1n) is 5.82. The van der Waals surface area contributed by atoms with Crippen molar-refractivity contribution in [3.05, 3.63) is 0 Å². The van der Waals surface area contributed by atoms with Gasteiger partial charge < -0.3 is 11.1 Å². The Morgan fingerprint density at radius 2 is 1.93 bits per heavy atom. The van der Waals surface area contributed by atoms with Gasteiger partial charge in [-0.25, -0.2) is 0 Å². The number of rotatable bonds is 6. The lowest BCUT2D eigenvalue weighted by Crippen LogP contribution is -2.30. The van der Waals surface area contributed by atoms with Crippen LogP contribution in [0.1, 0.15) is 44.9 Å². The Morgan fingerprint density at radius 3 is 2.57 bits per heavy atom. The van der Waals surface area contributed by atoms with Crippen LogP contribution < -0.4 is 11.1 Å². The molecule has 0 aromatic heterocycles. The first-order chi connectivity index (χ1) is 6.84. The third-order valence-corrected chi connectivity index (χ3v) is 2.91. The van der Waals surface area contributed by atoms with Crippen LogP contribution in [0.3, 0.4) is 0 Å². The molecule has 0 saturated heterocycles. The molecule has 14 heavy (non-hydrogen) atoms. The number of unbranched alkanes of at least 4 members (excludes halogenated alkanes) is 2. The van der Waals surface area contributed by atoms with Gasteiger partial charge in [0, 0.05) is 12.5 Å². The minimum Gasteiger partial charge on any atom is -0.356 e. The van der Waals surface area contributed by atoms with Gasteiger partial charge in [0.05, 0.1) is 0 Å². The molecule has 82 valence electrons. The maximum absolute atomic E-state index is 11.5. The maximum atomic E-state index is 11.5. The Bertz CT molecular complexity index is 165. The lowest BCUT2D eigenvalue weighted by atomic mass is 10.1. The molecule has 1 fully saturated rings. The molecule has 0 aromatic rings. The number of hydrogen-bond donors (Lipinski definition) is 2. The molecule has 3 heteroatoms. The largest absolute Gasteiger partial charge is 0.356 e. The van der Waals surface area contributed by atoms with Crippen LogP contribution in [0.4, 0.5) is 0 Å². The Kier molecular flexibility index (Phi) is 5.60. The molecule has 0 heterocycles. The quantitative estimate of drug-likeness (QED) is 0.634. The fourth-order valence-corrected chi connectivity index (χ4v) is 1.99. The molecule has 0 unspecified atom stereocenters. The average Bonchev–Trinajstić information content (AvgIpc) is 2.70. The van der Waals surface area contributed by atoms with Gasteiger partial charge >= 0.3 is 0 Å². The Hall–Kier alpha value is -0.570. The Morgan fingerprint density at radius 1 is 1.21 bits per heavy atom. The van der Waals surface area contributed by atoms with Crippen LogP contribution in [0.15, 0.2) is 0 Å². The monoisotopic (exact) mass is 198 g/mol. The Labute approximate surface area is 86.4 Å². The fourth-order valence-electron chi connectivity index (χ4n) is 1.99. The van der Waals surface area contributed by atoms with Crippen molar-refractivity contribution in [1.29, 1.82) is 0 Å². The van der Waals surface area contributed by atoms with E-state index < -0.39 is 0 Å². The van der Waals surface area contributed by atoms with Crippen LogP contribution in [0, 0.1) is 5.92 Å². The summed E-state index contributed by atoms with van der Waals surface area (Å²) in [4.78, 5) is 11.5. The lowest BCUT2D eigenvalue weighted by molar-refractivity contribution is -0.124. The van der Waals surface area contributed by atoms with E-state index in [2.05, 4.69) is 5.32 Å². The zero-order valence-electron chi connectivity index (χ0n) is 8.93. The van der Waals surface area contributed by atoms with E-state index >= 15 is 0 Å². The van der Waals surface area contributed by atoms with Crippen LogP contribution in [-0.4, -0.2) is 19.0 Å². The van der Waals surface area contributed by atoms with Crippen molar-refractivity contribution in [2.45, 2.75) is 44.9 Å². The normalized spacial score (nSPS) is 17.2. The zero-order chi connectivity index (χ0) is 10.2. The summed E-state index contributed by atoms with van der Waals surface area (Å²) in [6.45, 7) is 1.59. The standard InChI is InChI=1S/C11H22N2O/c12-8-4-1-5-9-13-11(14)10-6-2-3-7-10/h10H,1-9,12H2,(H,13,14). The highest BCUT2D eigenvalue weighted by Gasteiger charge is 2.21. The molecule has 0 bridgehead atoms. The van der Waals surface area contributed by atoms with Gasteiger partial charge in [-0.15, -0.1) is 0 Å². The van der Waals surface area contributed by atoms with Crippen LogP contribution in [0.2, 0.25) is 0 Å². The molecule has 0 atom stereocenters. The van der Waals surface area contributed by atoms with Crippen molar-refractivity contribution in [3.8, 4) is 0 Å². The number of carbonyl (C=O) groups is 1. The molecule has 0 aliphatic heterocycles. The van der Waals surface area contributed by atoms with E-state index in [4.69, 9.17) is 5.73 Å². The SMILES string of the molecule is NCCCCCNC(=O)C1CCCC1. The lowest BCUT2D eigenvalue weighted by Gasteiger charge is -2.09. The molecule has 1 rings (SSSR count). The fraction of sp³-hybridized carbons (Fsp3) is 0.909. The summed E-state index contributed by atoms with van der Waals surface area (Å²) in [6.07, 6.45) is 7.90. The smallest absolute Gasteiger partial charge is 0.223 e. The van der Waals surface area contributed by atoms with Crippen LogP contribution in [0.25, 0.3) is 0 Å². The molecule has 3 nitrogen and oxygen atoms in total. The molecule has 1 saturated carbocycles. The van der Waals surface area contributed by atoms with E-state index in [1.807, 2.05) is 0 Å².